The monoisotopic (exact) mass is 492 g/mol. The van der Waals surface area contributed by atoms with Crippen LogP contribution in [0.2, 0.25) is 0 Å². The number of alkyl halides is 3. The van der Waals surface area contributed by atoms with E-state index in [1.165, 1.54) is 43.8 Å². The third-order valence-corrected chi connectivity index (χ3v) is 5.89. The van der Waals surface area contributed by atoms with Gasteiger partial charge in [-0.05, 0) is 60.8 Å². The molecule has 178 valence electrons. The Morgan fingerprint density at radius 1 is 1.15 bits per heavy atom. The number of carbonyl (C=O) groups is 2. The Morgan fingerprint density at radius 3 is 2.50 bits per heavy atom. The molecule has 12 heteroatoms. The van der Waals surface area contributed by atoms with Gasteiger partial charge in [0, 0.05) is 6.20 Å². The first-order valence-electron chi connectivity index (χ1n) is 10.1. The highest BCUT2D eigenvalue weighted by molar-refractivity contribution is 7.08. The number of hydrogen-bond donors (Lipinski definition) is 2. The van der Waals surface area contributed by atoms with Crippen molar-refractivity contribution in [1.29, 1.82) is 0 Å². The van der Waals surface area contributed by atoms with Crippen LogP contribution in [0.15, 0.2) is 48.8 Å². The van der Waals surface area contributed by atoms with E-state index >= 15 is 0 Å². The zero-order valence-electron chi connectivity index (χ0n) is 17.8. The predicted octanol–water partition coefficient (Wildman–Crippen LogP) is 3.94. The number of pyridine rings is 1. The first kappa shape index (κ1) is 23.5. The lowest BCUT2D eigenvalue weighted by Crippen LogP contribution is -2.48. The van der Waals surface area contributed by atoms with Gasteiger partial charge in [-0.3, -0.25) is 14.6 Å². The highest BCUT2D eigenvalue weighted by Crippen LogP contribution is 2.40. The minimum absolute atomic E-state index is 0.0561. The minimum Gasteiger partial charge on any atom is -0.497 e. The zero-order valence-corrected chi connectivity index (χ0v) is 18.6. The molecule has 3 aromatic rings. The molecule has 1 fully saturated rings. The van der Waals surface area contributed by atoms with Gasteiger partial charge in [0.2, 0.25) is 5.91 Å². The van der Waals surface area contributed by atoms with Crippen molar-refractivity contribution in [2.24, 2.45) is 0 Å². The molecule has 0 radical (unpaired) electrons. The highest BCUT2D eigenvalue weighted by atomic mass is 32.1. The summed E-state index contributed by atoms with van der Waals surface area (Å²) in [4.78, 5) is 29.4. The normalized spacial score (nSPS) is 14.2. The van der Waals surface area contributed by atoms with Crippen molar-refractivity contribution in [2.45, 2.75) is 31.1 Å². The first-order valence-corrected chi connectivity index (χ1v) is 10.9. The number of aromatic nitrogens is 2. The average Bonchev–Trinajstić information content (AvgIpc) is 3.38. The quantitative estimate of drug-likeness (QED) is 0.494. The van der Waals surface area contributed by atoms with E-state index < -0.39 is 17.3 Å². The highest BCUT2D eigenvalue weighted by Gasteiger charge is 2.51. The molecule has 1 aromatic carbocycles. The molecule has 0 spiro atoms. The van der Waals surface area contributed by atoms with E-state index in [0.717, 1.165) is 17.6 Å². The summed E-state index contributed by atoms with van der Waals surface area (Å²) in [6.07, 6.45) is -0.809. The number of ether oxygens (including phenoxy) is 2. The van der Waals surface area contributed by atoms with Crippen LogP contribution >= 0.6 is 11.5 Å². The number of rotatable bonds is 8. The van der Waals surface area contributed by atoms with E-state index in [1.54, 1.807) is 6.07 Å². The number of hydrogen-bond acceptors (Lipinski definition) is 7. The Balaban J connectivity index is 1.36. The summed E-state index contributed by atoms with van der Waals surface area (Å²) in [7, 11) is 1.28. The molecule has 1 aliphatic rings. The Morgan fingerprint density at radius 2 is 1.91 bits per heavy atom. The van der Waals surface area contributed by atoms with Crippen LogP contribution < -0.4 is 20.1 Å². The van der Waals surface area contributed by atoms with E-state index in [-0.39, 0.29) is 35.6 Å². The van der Waals surface area contributed by atoms with Gasteiger partial charge in [-0.1, -0.05) is 0 Å². The van der Waals surface area contributed by atoms with Crippen molar-refractivity contribution < 1.29 is 32.2 Å². The Labute approximate surface area is 196 Å². The van der Waals surface area contributed by atoms with Crippen molar-refractivity contribution >= 4 is 23.3 Å². The van der Waals surface area contributed by atoms with Crippen LogP contribution in [0.1, 0.15) is 33.8 Å². The topological polar surface area (TPSA) is 102 Å². The molecule has 0 bridgehead atoms. The smallest absolute Gasteiger partial charge is 0.420 e. The third-order valence-electron chi connectivity index (χ3n) is 5.15. The molecule has 2 N–H and O–H groups in total. The number of nitrogens with one attached hydrogen (secondary N) is 2. The summed E-state index contributed by atoms with van der Waals surface area (Å²) in [6.45, 7) is 0.0770. The molecule has 1 aliphatic carbocycles. The molecule has 8 nitrogen and oxygen atoms in total. The van der Waals surface area contributed by atoms with Crippen LogP contribution in [0.4, 0.5) is 13.2 Å². The molecular formula is C22H19F3N4O4S. The van der Waals surface area contributed by atoms with E-state index in [2.05, 4.69) is 20.0 Å². The molecule has 0 unspecified atom stereocenters. The zero-order chi connectivity index (χ0) is 24.3. The van der Waals surface area contributed by atoms with Gasteiger partial charge in [0.15, 0.2) is 0 Å². The van der Waals surface area contributed by atoms with Crippen molar-refractivity contribution in [3.05, 3.63) is 64.9 Å². The maximum atomic E-state index is 13.3. The van der Waals surface area contributed by atoms with E-state index in [4.69, 9.17) is 9.47 Å². The van der Waals surface area contributed by atoms with Gasteiger partial charge in [-0.15, -0.1) is 0 Å². The fraction of sp³-hybridized carbons (Fsp3) is 0.273. The molecule has 0 saturated heterocycles. The van der Waals surface area contributed by atoms with Crippen molar-refractivity contribution in [3.8, 4) is 17.2 Å². The largest absolute Gasteiger partial charge is 0.497 e. The molecule has 1 saturated carbocycles. The standard InChI is InChI=1S/C22H19F3N4O4S/c1-32-14-4-5-17(16(10-14)22(23,24)25)33-15-3-2-13(26-12-15)11-27-20(31)21(7-8-21)29-19(30)18-6-9-28-34-18/h2-6,9-10,12H,7-8,11H2,1H3,(H,27,31)(H,29,30). The molecule has 2 aromatic heterocycles. The van der Waals surface area contributed by atoms with Crippen molar-refractivity contribution in [1.82, 2.24) is 20.0 Å². The van der Waals surface area contributed by atoms with Gasteiger partial charge in [0.25, 0.3) is 5.91 Å². The van der Waals surface area contributed by atoms with Crippen molar-refractivity contribution in [3.63, 3.8) is 0 Å². The summed E-state index contributed by atoms with van der Waals surface area (Å²) >= 11 is 1.04. The number of methoxy groups -OCH3 is 1. The van der Waals surface area contributed by atoms with E-state index in [1.807, 2.05) is 0 Å². The number of carbonyl (C=O) groups excluding carboxylic acids is 2. The Bertz CT molecular complexity index is 1180. The van der Waals surface area contributed by atoms with Crippen LogP contribution in [0.5, 0.6) is 17.2 Å². The van der Waals surface area contributed by atoms with Gasteiger partial charge in [-0.25, -0.2) is 4.37 Å². The number of halogens is 3. The van der Waals surface area contributed by atoms with Crippen LogP contribution in [-0.4, -0.2) is 33.8 Å². The van der Waals surface area contributed by atoms with Gasteiger partial charge < -0.3 is 20.1 Å². The lowest BCUT2D eigenvalue weighted by atomic mass is 10.2. The van der Waals surface area contributed by atoms with Gasteiger partial charge in [-0.2, -0.15) is 13.2 Å². The Kier molecular flexibility index (Phi) is 6.42. The van der Waals surface area contributed by atoms with Crippen LogP contribution in [0.3, 0.4) is 0 Å². The fourth-order valence-corrected chi connectivity index (χ4v) is 3.63. The van der Waals surface area contributed by atoms with E-state index in [0.29, 0.717) is 23.4 Å². The van der Waals surface area contributed by atoms with Crippen molar-refractivity contribution in [2.75, 3.05) is 7.11 Å². The van der Waals surface area contributed by atoms with E-state index in [9.17, 15) is 22.8 Å². The summed E-state index contributed by atoms with van der Waals surface area (Å²) in [5.41, 5.74) is -1.46. The Hall–Kier alpha value is -3.67. The summed E-state index contributed by atoms with van der Waals surface area (Å²) < 4.78 is 54.2. The molecule has 4 rings (SSSR count). The third kappa shape index (κ3) is 5.28. The maximum Gasteiger partial charge on any atom is 0.420 e. The fourth-order valence-electron chi connectivity index (χ4n) is 3.14. The predicted molar refractivity (Wildman–Crippen MR) is 116 cm³/mol. The average molecular weight is 492 g/mol. The second kappa shape index (κ2) is 9.29. The number of amides is 2. The number of nitrogens with zero attached hydrogens (tertiary/aromatic N) is 2. The summed E-state index contributed by atoms with van der Waals surface area (Å²) in [5.74, 6) is -0.919. The molecule has 2 amide bonds. The van der Waals surface area contributed by atoms with Crippen LogP contribution in [-0.2, 0) is 17.5 Å². The van der Waals surface area contributed by atoms with Crippen LogP contribution in [0, 0.1) is 0 Å². The molecule has 34 heavy (non-hydrogen) atoms. The minimum atomic E-state index is -4.63. The second-order valence-corrected chi connectivity index (χ2v) is 8.38. The SMILES string of the molecule is COc1ccc(Oc2ccc(CNC(=O)C3(NC(=O)c4ccns4)CC3)nc2)c(C(F)(F)F)c1. The molecule has 0 aliphatic heterocycles. The summed E-state index contributed by atoms with van der Waals surface area (Å²) in [6, 6.07) is 7.95. The maximum absolute atomic E-state index is 13.3. The van der Waals surface area contributed by atoms with Gasteiger partial charge in [0.1, 0.15) is 33.2 Å². The van der Waals surface area contributed by atoms with Gasteiger partial charge in [0.05, 0.1) is 25.5 Å². The molecule has 2 heterocycles. The van der Waals surface area contributed by atoms with Gasteiger partial charge >= 0.3 is 6.18 Å². The molecule has 0 atom stereocenters. The molecular weight excluding hydrogens is 473 g/mol. The number of benzene rings is 1. The second-order valence-electron chi connectivity index (χ2n) is 7.54. The summed E-state index contributed by atoms with van der Waals surface area (Å²) in [5, 5.41) is 5.48. The lowest BCUT2D eigenvalue weighted by molar-refractivity contribution is -0.138. The first-order chi connectivity index (χ1) is 16.2. The van der Waals surface area contributed by atoms with Crippen LogP contribution in [0.25, 0.3) is 0 Å². The lowest BCUT2D eigenvalue weighted by Gasteiger charge is -2.17.